The highest BCUT2D eigenvalue weighted by Crippen LogP contribution is 2.20. The predicted octanol–water partition coefficient (Wildman–Crippen LogP) is 1.76. The van der Waals surface area contributed by atoms with Crippen molar-refractivity contribution < 1.29 is 19.5 Å². The van der Waals surface area contributed by atoms with Crippen LogP contribution in [0.3, 0.4) is 0 Å². The molecule has 1 saturated heterocycles. The van der Waals surface area contributed by atoms with Crippen LogP contribution in [0.4, 0.5) is 10.5 Å². The number of nitrogens with zero attached hydrogens (tertiary/aromatic N) is 1. The second-order valence-corrected chi connectivity index (χ2v) is 5.91. The van der Waals surface area contributed by atoms with Crippen LogP contribution in [0.15, 0.2) is 24.3 Å². The zero-order chi connectivity index (χ0) is 17.0. The van der Waals surface area contributed by atoms with Gasteiger partial charge in [0.1, 0.15) is 0 Å². The summed E-state index contributed by atoms with van der Waals surface area (Å²) in [7, 11) is 0. The summed E-state index contributed by atoms with van der Waals surface area (Å²) in [6.45, 7) is 4.36. The van der Waals surface area contributed by atoms with Gasteiger partial charge in [-0.25, -0.2) is 4.79 Å². The molecule has 3 N–H and O–H groups in total. The summed E-state index contributed by atoms with van der Waals surface area (Å²) in [4.78, 5) is 36.6. The van der Waals surface area contributed by atoms with Crippen LogP contribution in [0.5, 0.6) is 0 Å². The number of anilines is 1. The number of benzene rings is 1. The number of amides is 3. The monoisotopic (exact) mass is 319 g/mol. The topological polar surface area (TPSA) is 98.7 Å². The Morgan fingerprint density at radius 3 is 2.65 bits per heavy atom. The van der Waals surface area contributed by atoms with Gasteiger partial charge in [-0.05, 0) is 38.5 Å². The lowest BCUT2D eigenvalue weighted by molar-refractivity contribution is -0.141. The van der Waals surface area contributed by atoms with Crippen molar-refractivity contribution in [1.82, 2.24) is 10.2 Å². The number of hydrogen-bond donors (Lipinski definition) is 3. The second kappa shape index (κ2) is 7.13. The van der Waals surface area contributed by atoms with Crippen LogP contribution < -0.4 is 10.6 Å². The summed E-state index contributed by atoms with van der Waals surface area (Å²) < 4.78 is 0. The highest BCUT2D eigenvalue weighted by Gasteiger charge is 2.31. The van der Waals surface area contributed by atoms with Gasteiger partial charge in [0, 0.05) is 30.4 Å². The maximum Gasteiger partial charge on any atom is 0.319 e. The second-order valence-electron chi connectivity index (χ2n) is 5.91. The van der Waals surface area contributed by atoms with Crippen molar-refractivity contribution in [3.8, 4) is 0 Å². The van der Waals surface area contributed by atoms with E-state index in [2.05, 4.69) is 10.6 Å². The third kappa shape index (κ3) is 4.45. The number of carboxylic acid groups (broad SMARTS) is 1. The first-order valence-corrected chi connectivity index (χ1v) is 7.56. The Morgan fingerprint density at radius 1 is 1.30 bits per heavy atom. The van der Waals surface area contributed by atoms with E-state index < -0.39 is 11.9 Å². The number of urea groups is 1. The van der Waals surface area contributed by atoms with Gasteiger partial charge in [-0.1, -0.05) is 6.07 Å². The number of nitrogens with one attached hydrogen (secondary N) is 2. The molecule has 2 rings (SSSR count). The van der Waals surface area contributed by atoms with E-state index in [4.69, 9.17) is 5.11 Å². The molecule has 0 spiro atoms. The smallest absolute Gasteiger partial charge is 0.319 e. The highest BCUT2D eigenvalue weighted by atomic mass is 16.4. The molecule has 7 heteroatoms. The molecule has 0 aromatic heterocycles. The fourth-order valence-corrected chi connectivity index (χ4v) is 2.49. The first-order valence-electron chi connectivity index (χ1n) is 7.56. The summed E-state index contributed by atoms with van der Waals surface area (Å²) >= 11 is 0. The minimum absolute atomic E-state index is 0.0115. The molecule has 0 saturated carbocycles. The number of rotatable bonds is 4. The SMILES string of the molecule is CC(C)NC(=O)Nc1cccc(C(=O)N2CCC(C(=O)O)C2)c1. The molecular weight excluding hydrogens is 298 g/mol. The van der Waals surface area contributed by atoms with Crippen molar-refractivity contribution in [1.29, 1.82) is 0 Å². The van der Waals surface area contributed by atoms with Crippen LogP contribution in [-0.4, -0.2) is 47.0 Å². The first kappa shape index (κ1) is 16.8. The molecule has 1 atom stereocenters. The van der Waals surface area contributed by atoms with E-state index >= 15 is 0 Å². The lowest BCUT2D eigenvalue weighted by Crippen LogP contribution is -2.34. The number of carboxylic acids is 1. The van der Waals surface area contributed by atoms with E-state index in [0.717, 1.165) is 0 Å². The van der Waals surface area contributed by atoms with Crippen LogP contribution in [-0.2, 0) is 4.79 Å². The van der Waals surface area contributed by atoms with Gasteiger partial charge < -0.3 is 20.6 Å². The van der Waals surface area contributed by atoms with E-state index in [-0.39, 0.29) is 24.5 Å². The summed E-state index contributed by atoms with van der Waals surface area (Å²) in [6, 6.07) is 6.30. The first-order chi connectivity index (χ1) is 10.9. The molecule has 0 bridgehead atoms. The summed E-state index contributed by atoms with van der Waals surface area (Å²) in [6.07, 6.45) is 0.468. The van der Waals surface area contributed by atoms with Crippen LogP contribution in [0.1, 0.15) is 30.6 Å². The van der Waals surface area contributed by atoms with Crippen LogP contribution in [0, 0.1) is 5.92 Å². The van der Waals surface area contributed by atoms with E-state index in [1.165, 1.54) is 4.90 Å². The van der Waals surface area contributed by atoms with Gasteiger partial charge in [-0.15, -0.1) is 0 Å². The van der Waals surface area contributed by atoms with Crippen LogP contribution >= 0.6 is 0 Å². The molecule has 124 valence electrons. The molecule has 1 fully saturated rings. The Labute approximate surface area is 134 Å². The van der Waals surface area contributed by atoms with Gasteiger partial charge in [-0.2, -0.15) is 0 Å². The molecule has 23 heavy (non-hydrogen) atoms. The van der Waals surface area contributed by atoms with Crippen molar-refractivity contribution in [3.05, 3.63) is 29.8 Å². The van der Waals surface area contributed by atoms with E-state index in [1.54, 1.807) is 24.3 Å². The van der Waals surface area contributed by atoms with Crippen molar-refractivity contribution in [2.45, 2.75) is 26.3 Å². The summed E-state index contributed by atoms with van der Waals surface area (Å²) in [5.41, 5.74) is 0.946. The summed E-state index contributed by atoms with van der Waals surface area (Å²) in [5.74, 6) is -1.60. The average molecular weight is 319 g/mol. The van der Waals surface area contributed by atoms with Crippen molar-refractivity contribution in [2.24, 2.45) is 5.92 Å². The maximum absolute atomic E-state index is 12.4. The molecule has 1 aliphatic heterocycles. The van der Waals surface area contributed by atoms with Gasteiger partial charge in [0.15, 0.2) is 0 Å². The standard InChI is InChI=1S/C16H21N3O4/c1-10(2)17-16(23)18-13-5-3-4-11(8-13)14(20)19-7-6-12(9-19)15(21)22/h3-5,8,10,12H,6-7,9H2,1-2H3,(H,21,22)(H2,17,18,23). The van der Waals surface area contributed by atoms with Gasteiger partial charge in [0.25, 0.3) is 5.91 Å². The lowest BCUT2D eigenvalue weighted by Gasteiger charge is -2.16. The van der Waals surface area contributed by atoms with Gasteiger partial charge in [-0.3, -0.25) is 9.59 Å². The lowest BCUT2D eigenvalue weighted by atomic mass is 10.1. The third-order valence-corrected chi connectivity index (χ3v) is 3.61. The number of hydrogen-bond acceptors (Lipinski definition) is 3. The normalized spacial score (nSPS) is 17.2. The van der Waals surface area contributed by atoms with Crippen molar-refractivity contribution >= 4 is 23.6 Å². The molecule has 1 aromatic rings. The van der Waals surface area contributed by atoms with Gasteiger partial charge >= 0.3 is 12.0 Å². The van der Waals surface area contributed by atoms with Crippen LogP contribution in [0.2, 0.25) is 0 Å². The molecule has 3 amide bonds. The Balaban J connectivity index is 2.03. The largest absolute Gasteiger partial charge is 0.481 e. The Morgan fingerprint density at radius 2 is 2.04 bits per heavy atom. The number of aliphatic carboxylic acids is 1. The Bertz CT molecular complexity index is 615. The number of carbonyl (C=O) groups is 3. The molecule has 1 heterocycles. The summed E-state index contributed by atoms with van der Waals surface area (Å²) in [5, 5.41) is 14.4. The predicted molar refractivity (Wildman–Crippen MR) is 85.4 cm³/mol. The minimum atomic E-state index is -0.874. The quantitative estimate of drug-likeness (QED) is 0.787. The highest BCUT2D eigenvalue weighted by molar-refractivity contribution is 5.97. The van der Waals surface area contributed by atoms with E-state index in [0.29, 0.717) is 24.2 Å². The molecule has 7 nitrogen and oxygen atoms in total. The van der Waals surface area contributed by atoms with Gasteiger partial charge in [0.05, 0.1) is 5.92 Å². The molecule has 1 unspecified atom stereocenters. The zero-order valence-corrected chi connectivity index (χ0v) is 13.2. The molecule has 1 aromatic carbocycles. The fraction of sp³-hybridized carbons (Fsp3) is 0.438. The van der Waals surface area contributed by atoms with Gasteiger partial charge in [0.2, 0.25) is 0 Å². The average Bonchev–Trinajstić information content (AvgIpc) is 2.95. The van der Waals surface area contributed by atoms with Crippen molar-refractivity contribution in [3.63, 3.8) is 0 Å². The maximum atomic E-state index is 12.4. The molecular formula is C16H21N3O4. The van der Waals surface area contributed by atoms with E-state index in [9.17, 15) is 14.4 Å². The Hall–Kier alpha value is -2.57. The number of carbonyl (C=O) groups excluding carboxylic acids is 2. The minimum Gasteiger partial charge on any atom is -0.481 e. The Kier molecular flexibility index (Phi) is 5.20. The molecule has 0 aliphatic carbocycles. The fourth-order valence-electron chi connectivity index (χ4n) is 2.49. The number of likely N-dealkylation sites (tertiary alicyclic amines) is 1. The van der Waals surface area contributed by atoms with Crippen molar-refractivity contribution in [2.75, 3.05) is 18.4 Å². The van der Waals surface area contributed by atoms with Crippen LogP contribution in [0.25, 0.3) is 0 Å². The molecule has 1 aliphatic rings. The van der Waals surface area contributed by atoms with E-state index in [1.807, 2.05) is 13.8 Å². The third-order valence-electron chi connectivity index (χ3n) is 3.61. The molecule has 0 radical (unpaired) electrons. The zero-order valence-electron chi connectivity index (χ0n) is 13.2.